The van der Waals surface area contributed by atoms with Crippen molar-refractivity contribution in [2.75, 3.05) is 6.61 Å². The summed E-state index contributed by atoms with van der Waals surface area (Å²) in [5.74, 6) is 2.76. The number of para-hydroxylation sites is 1. The summed E-state index contributed by atoms with van der Waals surface area (Å²) in [7, 11) is 0. The lowest BCUT2D eigenvalue weighted by Crippen LogP contribution is -2.32. The molecule has 2 saturated carbocycles. The average Bonchev–Trinajstić information content (AvgIpc) is 2.81. The molecule has 2 bridgehead atoms. The van der Waals surface area contributed by atoms with E-state index in [0.29, 0.717) is 10.8 Å². The van der Waals surface area contributed by atoms with Gasteiger partial charge in [0.05, 0.1) is 6.61 Å². The summed E-state index contributed by atoms with van der Waals surface area (Å²) >= 11 is 0. The van der Waals surface area contributed by atoms with Crippen LogP contribution < -0.4 is 4.74 Å². The highest BCUT2D eigenvalue weighted by atomic mass is 16.5. The molecule has 1 heteroatoms. The maximum absolute atomic E-state index is 5.78. The molecule has 1 aromatic carbocycles. The molecule has 0 aromatic heterocycles. The van der Waals surface area contributed by atoms with Gasteiger partial charge >= 0.3 is 0 Å². The molecule has 3 atom stereocenters. The Balaban J connectivity index is 1.41. The molecule has 0 aliphatic heterocycles. The molecule has 2 aliphatic rings. The van der Waals surface area contributed by atoms with Gasteiger partial charge in [-0.15, -0.1) is 0 Å². The first-order valence-corrected chi connectivity index (χ1v) is 8.55. The number of benzene rings is 1. The predicted molar refractivity (Wildman–Crippen MR) is 88.2 cm³/mol. The fraction of sp³-hybridized carbons (Fsp3) is 0.650. The molecule has 3 unspecified atom stereocenters. The minimum Gasteiger partial charge on any atom is -0.494 e. The monoisotopic (exact) mass is 285 g/mol. The molecule has 0 N–H and O–H groups in total. The van der Waals surface area contributed by atoms with Gasteiger partial charge in [-0.2, -0.15) is 0 Å². The number of hydrogen-bond acceptors (Lipinski definition) is 1. The minimum absolute atomic E-state index is 0.536. The predicted octanol–water partition coefficient (Wildman–Crippen LogP) is 5.51. The van der Waals surface area contributed by atoms with Gasteiger partial charge in [-0.25, -0.2) is 0 Å². The van der Waals surface area contributed by atoms with E-state index in [1.165, 1.54) is 25.7 Å². The van der Waals surface area contributed by atoms with E-state index in [1.807, 2.05) is 30.3 Å². The van der Waals surface area contributed by atoms with Crippen molar-refractivity contribution < 1.29 is 4.74 Å². The Kier molecular flexibility index (Phi) is 4.03. The highest BCUT2D eigenvalue weighted by Gasteiger charge is 2.60. The maximum atomic E-state index is 5.78. The van der Waals surface area contributed by atoms with E-state index in [4.69, 9.17) is 4.74 Å². The molecule has 2 aliphatic carbocycles. The average molecular weight is 285 g/mol. The van der Waals surface area contributed by atoms with Gasteiger partial charge in [-0.3, -0.25) is 0 Å². The largest absolute Gasteiger partial charge is 0.494 e. The second-order valence-corrected chi connectivity index (χ2v) is 7.76. The Labute approximate surface area is 130 Å². The van der Waals surface area contributed by atoms with Crippen molar-refractivity contribution in [2.24, 2.45) is 22.7 Å². The van der Waals surface area contributed by atoms with Gasteiger partial charge in [-0.05, 0) is 73.3 Å². The molecular weight excluding hydrogens is 256 g/mol. The van der Waals surface area contributed by atoms with E-state index in [9.17, 15) is 0 Å². The Morgan fingerprint density at radius 3 is 2.57 bits per heavy atom. The van der Waals surface area contributed by atoms with Gasteiger partial charge in [0, 0.05) is 0 Å². The van der Waals surface area contributed by atoms with E-state index in [-0.39, 0.29) is 0 Å². The number of ether oxygens (including phenoxy) is 1. The second kappa shape index (κ2) is 5.66. The van der Waals surface area contributed by atoms with Crippen LogP contribution in [-0.4, -0.2) is 6.61 Å². The third-order valence-corrected chi connectivity index (χ3v) is 6.67. The Morgan fingerprint density at radius 1 is 1.19 bits per heavy atom. The van der Waals surface area contributed by atoms with Gasteiger partial charge in [-0.1, -0.05) is 39.0 Å². The molecule has 0 spiro atoms. The summed E-state index contributed by atoms with van der Waals surface area (Å²) in [5, 5.41) is 0. The zero-order chi connectivity index (χ0) is 14.9. The van der Waals surface area contributed by atoms with Crippen LogP contribution >= 0.6 is 0 Å². The molecule has 0 saturated heterocycles. The lowest BCUT2D eigenvalue weighted by atomic mass is 9.65. The van der Waals surface area contributed by atoms with E-state index >= 15 is 0 Å². The van der Waals surface area contributed by atoms with Crippen LogP contribution in [0.3, 0.4) is 0 Å². The third kappa shape index (κ3) is 2.60. The minimum atomic E-state index is 0.536. The number of unbranched alkanes of at least 4 members (excludes halogenated alkanes) is 1. The van der Waals surface area contributed by atoms with E-state index in [1.54, 1.807) is 0 Å². The molecular formula is C20H29O. The van der Waals surface area contributed by atoms with E-state index < -0.39 is 0 Å². The van der Waals surface area contributed by atoms with Crippen molar-refractivity contribution in [3.05, 3.63) is 36.8 Å². The van der Waals surface area contributed by atoms with Gasteiger partial charge < -0.3 is 4.74 Å². The van der Waals surface area contributed by atoms with Crippen LogP contribution in [-0.2, 0) is 0 Å². The molecule has 3 rings (SSSR count). The summed E-state index contributed by atoms with van der Waals surface area (Å²) in [4.78, 5) is 0. The van der Waals surface area contributed by atoms with Crippen LogP contribution in [0.1, 0.15) is 52.9 Å². The van der Waals surface area contributed by atoms with Crippen LogP contribution in [0.25, 0.3) is 0 Å². The van der Waals surface area contributed by atoms with Crippen molar-refractivity contribution in [3.63, 3.8) is 0 Å². The highest BCUT2D eigenvalue weighted by Crippen LogP contribution is 2.68. The maximum Gasteiger partial charge on any atom is 0.119 e. The molecule has 21 heavy (non-hydrogen) atoms. The Bertz CT molecular complexity index is 464. The SMILES string of the molecule is CC1(C)C2CCC1(C)C([CH]CCCOc1ccccc1)C2. The zero-order valence-electron chi connectivity index (χ0n) is 13.8. The highest BCUT2D eigenvalue weighted by molar-refractivity contribution is 5.20. The summed E-state index contributed by atoms with van der Waals surface area (Å²) in [5.41, 5.74) is 1.08. The fourth-order valence-corrected chi connectivity index (χ4v) is 4.73. The summed E-state index contributed by atoms with van der Waals surface area (Å²) < 4.78 is 5.78. The number of fused-ring (bicyclic) bond motifs is 2. The summed E-state index contributed by atoms with van der Waals surface area (Å²) in [6.45, 7) is 8.35. The first-order valence-electron chi connectivity index (χ1n) is 8.55. The van der Waals surface area contributed by atoms with Crippen molar-refractivity contribution in [3.8, 4) is 5.75 Å². The number of rotatable bonds is 6. The molecule has 2 fully saturated rings. The molecule has 1 radical (unpaired) electrons. The van der Waals surface area contributed by atoms with Gasteiger partial charge in [0.25, 0.3) is 0 Å². The summed E-state index contributed by atoms with van der Waals surface area (Å²) in [6.07, 6.45) is 9.22. The van der Waals surface area contributed by atoms with E-state index in [0.717, 1.165) is 30.6 Å². The lowest BCUT2D eigenvalue weighted by molar-refractivity contribution is 0.115. The van der Waals surface area contributed by atoms with Crippen molar-refractivity contribution in [1.82, 2.24) is 0 Å². The second-order valence-electron chi connectivity index (χ2n) is 7.76. The Morgan fingerprint density at radius 2 is 1.95 bits per heavy atom. The van der Waals surface area contributed by atoms with E-state index in [2.05, 4.69) is 27.2 Å². The van der Waals surface area contributed by atoms with Crippen LogP contribution in [0, 0.1) is 29.1 Å². The smallest absolute Gasteiger partial charge is 0.119 e. The fourth-order valence-electron chi connectivity index (χ4n) is 4.73. The standard InChI is InChI=1S/C20H29O/c1-19(2)16-12-13-20(19,3)17(15-16)9-7-8-14-21-18-10-5-4-6-11-18/h4-6,9-11,16-17H,7-8,12-15H2,1-3H3. The topological polar surface area (TPSA) is 9.23 Å². The zero-order valence-corrected chi connectivity index (χ0v) is 13.8. The molecule has 1 nitrogen and oxygen atoms in total. The molecule has 1 aromatic rings. The van der Waals surface area contributed by atoms with Crippen molar-refractivity contribution in [2.45, 2.75) is 52.9 Å². The van der Waals surface area contributed by atoms with Gasteiger partial charge in [0.1, 0.15) is 5.75 Å². The van der Waals surface area contributed by atoms with Crippen LogP contribution in [0.5, 0.6) is 5.75 Å². The quantitative estimate of drug-likeness (QED) is 0.626. The van der Waals surface area contributed by atoms with Crippen LogP contribution in [0.2, 0.25) is 0 Å². The normalized spacial score (nSPS) is 33.3. The third-order valence-electron chi connectivity index (χ3n) is 6.67. The first kappa shape index (κ1) is 14.9. The molecule has 115 valence electrons. The van der Waals surface area contributed by atoms with Crippen molar-refractivity contribution in [1.29, 1.82) is 0 Å². The molecule has 0 amide bonds. The van der Waals surface area contributed by atoms with Crippen LogP contribution in [0.15, 0.2) is 30.3 Å². The van der Waals surface area contributed by atoms with Gasteiger partial charge in [0.15, 0.2) is 0 Å². The molecule has 0 heterocycles. The summed E-state index contributed by atoms with van der Waals surface area (Å²) in [6, 6.07) is 10.1. The Hall–Kier alpha value is -0.980. The lowest BCUT2D eigenvalue weighted by Gasteiger charge is -2.39. The van der Waals surface area contributed by atoms with Gasteiger partial charge in [0.2, 0.25) is 0 Å². The van der Waals surface area contributed by atoms with Crippen LogP contribution in [0.4, 0.5) is 0 Å². The first-order chi connectivity index (χ1) is 10.0. The number of hydrogen-bond donors (Lipinski definition) is 0. The van der Waals surface area contributed by atoms with Crippen molar-refractivity contribution >= 4 is 0 Å².